The molecule has 0 saturated heterocycles. The van der Waals surface area contributed by atoms with Crippen LogP contribution >= 0.6 is 15.9 Å². The first-order chi connectivity index (χ1) is 11.2. The van der Waals surface area contributed by atoms with Gasteiger partial charge in [-0.05, 0) is 0 Å². The Morgan fingerprint density at radius 1 is 1.04 bits per heavy atom. The minimum absolute atomic E-state index is 0.0363. The summed E-state index contributed by atoms with van der Waals surface area (Å²) < 4.78 is 28.0. The molecule has 0 aliphatic carbocycles. The van der Waals surface area contributed by atoms with E-state index in [4.69, 9.17) is 0 Å². The molecule has 2 aromatic rings. The van der Waals surface area contributed by atoms with Crippen molar-refractivity contribution in [3.63, 3.8) is 0 Å². The Morgan fingerprint density at radius 2 is 1.62 bits per heavy atom. The van der Waals surface area contributed by atoms with Gasteiger partial charge in [0.15, 0.2) is 0 Å². The molecule has 0 radical (unpaired) electrons. The van der Waals surface area contributed by atoms with Gasteiger partial charge in [0.05, 0.1) is 0 Å². The van der Waals surface area contributed by atoms with Crippen molar-refractivity contribution >= 4 is 53.3 Å². The number of halogens is 1. The van der Waals surface area contributed by atoms with Crippen LogP contribution in [0, 0.1) is 0 Å². The molecule has 6 heteroatoms. The van der Waals surface area contributed by atoms with Gasteiger partial charge in [-0.15, -0.1) is 0 Å². The summed E-state index contributed by atoms with van der Waals surface area (Å²) in [6, 6.07) is 17.2. The second-order valence-electron chi connectivity index (χ2n) is 6.47. The van der Waals surface area contributed by atoms with Gasteiger partial charge in [0.25, 0.3) is 0 Å². The van der Waals surface area contributed by atoms with Crippen LogP contribution in [0.25, 0.3) is 0 Å². The maximum absolute atomic E-state index is 12.8. The third kappa shape index (κ3) is 5.43. The molecule has 0 bridgehead atoms. The second-order valence-corrected chi connectivity index (χ2v) is 17.0. The molecular formula is C18H21BrO2SSeSi. The van der Waals surface area contributed by atoms with Crippen molar-refractivity contribution in [1.29, 1.82) is 0 Å². The predicted octanol–water partition coefficient (Wildman–Crippen LogP) is 4.10. The van der Waals surface area contributed by atoms with E-state index in [1.165, 1.54) is 9.87 Å². The van der Waals surface area contributed by atoms with Gasteiger partial charge in [0, 0.05) is 0 Å². The molecule has 0 unspecified atom stereocenters. The van der Waals surface area contributed by atoms with Gasteiger partial charge in [0.1, 0.15) is 0 Å². The maximum atomic E-state index is 12.8. The average molecular weight is 488 g/mol. The first-order valence-electron chi connectivity index (χ1n) is 7.57. The number of benzene rings is 2. The first-order valence-corrected chi connectivity index (χ1v) is 15.5. The SMILES string of the molecule is C[Si](C)(C)/C(=C\S(=O)(=O)c1ccc(CBr)cc1)[Se]c1ccccc1. The van der Waals surface area contributed by atoms with E-state index in [1.54, 1.807) is 12.1 Å². The Balaban J connectivity index is 2.40. The Labute approximate surface area is 160 Å². The number of alkyl halides is 1. The van der Waals surface area contributed by atoms with E-state index < -0.39 is 17.9 Å². The van der Waals surface area contributed by atoms with Gasteiger partial charge in [-0.3, -0.25) is 0 Å². The van der Waals surface area contributed by atoms with Gasteiger partial charge >= 0.3 is 161 Å². The zero-order chi connectivity index (χ0) is 17.8. The van der Waals surface area contributed by atoms with E-state index in [2.05, 4.69) is 47.7 Å². The fraction of sp³-hybridized carbons (Fsp3) is 0.222. The molecule has 0 N–H and O–H groups in total. The minimum atomic E-state index is -3.41. The van der Waals surface area contributed by atoms with E-state index in [0.717, 1.165) is 15.0 Å². The fourth-order valence-corrected chi connectivity index (χ4v) is 10.3. The molecule has 0 aliphatic heterocycles. The van der Waals surface area contributed by atoms with Gasteiger partial charge in [-0.25, -0.2) is 0 Å². The molecule has 0 heterocycles. The van der Waals surface area contributed by atoms with Crippen molar-refractivity contribution in [3.8, 4) is 0 Å². The summed E-state index contributed by atoms with van der Waals surface area (Å²) in [6.07, 6.45) is 0. The summed E-state index contributed by atoms with van der Waals surface area (Å²) in [5.74, 6) is 0. The number of rotatable bonds is 6. The van der Waals surface area contributed by atoms with Crippen LogP contribution in [-0.4, -0.2) is 31.4 Å². The van der Waals surface area contributed by atoms with Crippen molar-refractivity contribution in [3.05, 3.63) is 69.7 Å². The van der Waals surface area contributed by atoms with Gasteiger partial charge in [-0.1, -0.05) is 0 Å². The summed E-state index contributed by atoms with van der Waals surface area (Å²) in [4.78, 5) is 0.367. The third-order valence-electron chi connectivity index (χ3n) is 3.38. The summed E-state index contributed by atoms with van der Waals surface area (Å²) in [5.41, 5.74) is 1.07. The van der Waals surface area contributed by atoms with Crippen molar-refractivity contribution in [1.82, 2.24) is 0 Å². The molecule has 128 valence electrons. The van der Waals surface area contributed by atoms with Crippen LogP contribution in [-0.2, 0) is 15.2 Å². The molecule has 0 atom stereocenters. The van der Waals surface area contributed by atoms with Crippen molar-refractivity contribution < 1.29 is 8.42 Å². The zero-order valence-corrected chi connectivity index (χ0v) is 19.1. The quantitative estimate of drug-likeness (QED) is 0.453. The molecule has 0 amide bonds. The summed E-state index contributed by atoms with van der Waals surface area (Å²) in [6.45, 7) is 6.60. The van der Waals surface area contributed by atoms with E-state index in [1.807, 2.05) is 30.3 Å². The Kier molecular flexibility index (Phi) is 6.68. The third-order valence-corrected chi connectivity index (χ3v) is 13.8. The molecule has 0 saturated carbocycles. The number of hydrogen-bond acceptors (Lipinski definition) is 2. The number of hydrogen-bond donors (Lipinski definition) is 0. The van der Waals surface area contributed by atoms with Crippen LogP contribution < -0.4 is 4.46 Å². The number of sulfone groups is 1. The van der Waals surface area contributed by atoms with Gasteiger partial charge in [-0.2, -0.15) is 0 Å². The molecule has 2 rings (SSSR count). The first kappa shape index (κ1) is 19.7. The topological polar surface area (TPSA) is 34.1 Å². The molecule has 0 spiro atoms. The van der Waals surface area contributed by atoms with Gasteiger partial charge < -0.3 is 0 Å². The summed E-state index contributed by atoms with van der Waals surface area (Å²) >= 11 is 3.42. The van der Waals surface area contributed by atoms with Crippen LogP contribution in [0.3, 0.4) is 0 Å². The molecular weight excluding hydrogens is 467 g/mol. The summed E-state index contributed by atoms with van der Waals surface area (Å²) in [7, 11) is -5.14. The molecule has 24 heavy (non-hydrogen) atoms. The standard InChI is InChI=1S/C18H21BrO2SSeSi/c1-24(2,3)18(23-17-7-5-4-6-8-17)14-22(20,21)16-11-9-15(13-19)10-12-16/h4-12,14H,13H2,1-3H3/b18-14-. The van der Waals surface area contributed by atoms with E-state index in [-0.39, 0.29) is 15.0 Å². The van der Waals surface area contributed by atoms with Gasteiger partial charge in [0.2, 0.25) is 0 Å². The molecule has 0 aliphatic rings. The molecule has 2 aromatic carbocycles. The monoisotopic (exact) mass is 488 g/mol. The zero-order valence-electron chi connectivity index (χ0n) is 14.0. The van der Waals surface area contributed by atoms with Crippen LogP contribution in [0.2, 0.25) is 19.6 Å². The van der Waals surface area contributed by atoms with Crippen molar-refractivity contribution in [2.75, 3.05) is 0 Å². The van der Waals surface area contributed by atoms with Crippen LogP contribution in [0.4, 0.5) is 0 Å². The van der Waals surface area contributed by atoms with Crippen molar-refractivity contribution in [2.24, 2.45) is 0 Å². The Morgan fingerprint density at radius 3 is 2.12 bits per heavy atom. The molecule has 0 fully saturated rings. The Bertz CT molecular complexity index is 810. The van der Waals surface area contributed by atoms with Crippen LogP contribution in [0.5, 0.6) is 0 Å². The van der Waals surface area contributed by atoms with Crippen LogP contribution in [0.1, 0.15) is 5.56 Å². The van der Waals surface area contributed by atoms with E-state index in [0.29, 0.717) is 4.90 Å². The fourth-order valence-electron chi connectivity index (χ4n) is 1.95. The summed E-state index contributed by atoms with van der Waals surface area (Å²) in [5, 5.41) is 2.26. The van der Waals surface area contributed by atoms with E-state index >= 15 is 0 Å². The normalized spacial score (nSPS) is 13.1. The Hall–Kier alpha value is -0.654. The second kappa shape index (κ2) is 8.15. The van der Waals surface area contributed by atoms with Crippen LogP contribution in [0.15, 0.2) is 69.0 Å². The molecule has 0 aromatic heterocycles. The molecule has 2 nitrogen and oxygen atoms in total. The van der Waals surface area contributed by atoms with Crippen molar-refractivity contribution in [2.45, 2.75) is 29.9 Å². The average Bonchev–Trinajstić information content (AvgIpc) is 2.54. The predicted molar refractivity (Wildman–Crippen MR) is 110 cm³/mol. The van der Waals surface area contributed by atoms with E-state index in [9.17, 15) is 8.42 Å².